The van der Waals surface area contributed by atoms with Gasteiger partial charge >= 0.3 is 0 Å². The maximum atomic E-state index is 4.61. The summed E-state index contributed by atoms with van der Waals surface area (Å²) in [5.74, 6) is 0. The summed E-state index contributed by atoms with van der Waals surface area (Å²) < 4.78 is 2.18. The molecular weight excluding hydrogens is 402 g/mol. The number of nitrogens with zero attached hydrogens (tertiary/aromatic N) is 2. The molecule has 4 heteroatoms. The van der Waals surface area contributed by atoms with Gasteiger partial charge in [-0.05, 0) is 50.8 Å². The van der Waals surface area contributed by atoms with Crippen LogP contribution in [0.15, 0.2) is 0 Å². The van der Waals surface area contributed by atoms with Crippen molar-refractivity contribution in [1.82, 2.24) is 0 Å². The van der Waals surface area contributed by atoms with E-state index in [4.69, 9.17) is 0 Å². The molecule has 0 heterocycles. The van der Waals surface area contributed by atoms with Gasteiger partial charge in [0.25, 0.3) is 0 Å². The largest absolute Gasteiger partial charge is 0.331 e. The SMILES string of the molecule is C=P(C)(CCCCCCCCCCP(=C)(C)CCC[N+](C)(C)C)CCC[N+](C)(C)C. The van der Waals surface area contributed by atoms with Crippen molar-refractivity contribution in [2.45, 2.75) is 64.2 Å². The van der Waals surface area contributed by atoms with E-state index in [1.54, 1.807) is 0 Å². The first-order chi connectivity index (χ1) is 13.6. The fraction of sp³-hybridized carbons (Fsp3) is 0.923. The fourth-order valence-electron chi connectivity index (χ4n) is 4.12. The van der Waals surface area contributed by atoms with Crippen molar-refractivity contribution in [3.63, 3.8) is 0 Å². The first kappa shape index (κ1) is 30.5. The van der Waals surface area contributed by atoms with Crippen molar-refractivity contribution in [1.29, 1.82) is 0 Å². The fourth-order valence-corrected chi connectivity index (χ4v) is 8.36. The molecule has 0 amide bonds. The quantitative estimate of drug-likeness (QED) is 0.117. The van der Waals surface area contributed by atoms with Gasteiger partial charge in [0, 0.05) is 12.8 Å². The van der Waals surface area contributed by atoms with Crippen molar-refractivity contribution >= 4 is 26.4 Å². The molecule has 0 aliphatic carbocycles. The van der Waals surface area contributed by atoms with E-state index in [0.29, 0.717) is 0 Å². The van der Waals surface area contributed by atoms with Crippen LogP contribution in [0.4, 0.5) is 0 Å². The molecule has 0 saturated heterocycles. The molecule has 0 aromatic carbocycles. The Labute approximate surface area is 192 Å². The van der Waals surface area contributed by atoms with E-state index in [0.717, 1.165) is 8.97 Å². The van der Waals surface area contributed by atoms with E-state index in [1.165, 1.54) is 102 Å². The van der Waals surface area contributed by atoms with Gasteiger partial charge in [-0.1, -0.05) is 38.5 Å². The van der Waals surface area contributed by atoms with Crippen LogP contribution in [-0.2, 0) is 0 Å². The van der Waals surface area contributed by atoms with Gasteiger partial charge in [0.15, 0.2) is 0 Å². The molecule has 0 N–H and O–H groups in total. The normalized spacial score (nSPS) is 16.9. The molecule has 0 aromatic rings. The van der Waals surface area contributed by atoms with Crippen molar-refractivity contribution in [3.05, 3.63) is 0 Å². The predicted octanol–water partition coefficient (Wildman–Crippen LogP) is 6.46. The van der Waals surface area contributed by atoms with Crippen molar-refractivity contribution in [2.24, 2.45) is 0 Å². The summed E-state index contributed by atoms with van der Waals surface area (Å²) in [5, 5.41) is 0. The molecule has 2 nitrogen and oxygen atoms in total. The van der Waals surface area contributed by atoms with Gasteiger partial charge in [-0.25, -0.2) is 0 Å². The van der Waals surface area contributed by atoms with Crippen LogP contribution in [0.5, 0.6) is 0 Å². The second-order valence-corrected chi connectivity index (χ2v) is 21.0. The summed E-state index contributed by atoms with van der Waals surface area (Å²) >= 11 is 0. The molecule has 0 aromatic heterocycles. The smallest absolute Gasteiger partial charge is 0.0783 e. The Balaban J connectivity index is 3.61. The van der Waals surface area contributed by atoms with E-state index in [2.05, 4.69) is 68.2 Å². The summed E-state index contributed by atoms with van der Waals surface area (Å²) in [6.45, 7) is 5.74. The minimum atomic E-state index is -0.897. The molecular formula is C26H60N2P2+2. The first-order valence-electron chi connectivity index (χ1n) is 12.6. The second-order valence-electron chi connectivity index (χ2n) is 12.7. The van der Waals surface area contributed by atoms with E-state index in [-0.39, 0.29) is 0 Å². The van der Waals surface area contributed by atoms with Crippen LogP contribution < -0.4 is 0 Å². The molecule has 2 unspecified atom stereocenters. The van der Waals surface area contributed by atoms with Crippen LogP contribution in [0, 0.1) is 0 Å². The van der Waals surface area contributed by atoms with Gasteiger partial charge in [-0.3, -0.25) is 0 Å². The van der Waals surface area contributed by atoms with Gasteiger partial charge in [-0.15, -0.1) is 26.4 Å². The summed E-state index contributed by atoms with van der Waals surface area (Å²) in [7, 11) is 13.8. The number of quaternary nitrogens is 2. The maximum absolute atomic E-state index is 4.61. The molecule has 0 fully saturated rings. The molecule has 0 rings (SSSR count). The van der Waals surface area contributed by atoms with Gasteiger partial charge in [0.1, 0.15) is 0 Å². The van der Waals surface area contributed by atoms with E-state index in [1.807, 2.05) is 0 Å². The Morgan fingerprint density at radius 2 is 0.667 bits per heavy atom. The van der Waals surface area contributed by atoms with E-state index >= 15 is 0 Å². The molecule has 0 spiro atoms. The summed E-state index contributed by atoms with van der Waals surface area (Å²) in [6, 6.07) is 0. The average molecular weight is 463 g/mol. The number of unbranched alkanes of at least 4 members (excludes halogenated alkanes) is 7. The standard InChI is InChI=1S/C26H60N2P2/c1-27(2,3)21-19-25-29(7,8)23-17-15-13-11-12-14-16-18-24-30(9,10)26-20-22-28(4,5)6/h7,9,11-26H2,1-6,8,10H3/q+2. The Bertz CT molecular complexity index is 478. The number of hydrogen-bond donors (Lipinski definition) is 0. The van der Waals surface area contributed by atoms with Gasteiger partial charge < -0.3 is 8.97 Å². The number of hydrogen-bond acceptors (Lipinski definition) is 0. The predicted molar refractivity (Wildman–Crippen MR) is 151 cm³/mol. The second kappa shape index (κ2) is 14.6. The van der Waals surface area contributed by atoms with E-state index < -0.39 is 13.8 Å². The highest BCUT2D eigenvalue weighted by atomic mass is 31.2. The maximum Gasteiger partial charge on any atom is 0.0783 e. The van der Waals surface area contributed by atoms with Crippen LogP contribution in [0.3, 0.4) is 0 Å². The van der Waals surface area contributed by atoms with Crippen molar-refractivity contribution < 1.29 is 8.97 Å². The summed E-state index contributed by atoms with van der Waals surface area (Å²) in [4.78, 5) is 0. The first-order valence-corrected chi connectivity index (χ1v) is 18.2. The van der Waals surface area contributed by atoms with Crippen LogP contribution in [-0.4, -0.2) is 115 Å². The zero-order chi connectivity index (χ0) is 23.3. The molecule has 2 atom stereocenters. The third-order valence-electron chi connectivity index (χ3n) is 6.20. The average Bonchev–Trinajstić information content (AvgIpc) is 2.53. The third-order valence-corrected chi connectivity index (χ3v) is 11.8. The highest BCUT2D eigenvalue weighted by molar-refractivity contribution is 7.73. The zero-order valence-corrected chi connectivity index (χ0v) is 24.3. The number of rotatable bonds is 19. The lowest BCUT2D eigenvalue weighted by atomic mass is 10.1. The minimum absolute atomic E-state index is 0.897. The lowest BCUT2D eigenvalue weighted by Gasteiger charge is -2.26. The van der Waals surface area contributed by atoms with E-state index in [9.17, 15) is 0 Å². The molecule has 0 aliphatic heterocycles. The minimum Gasteiger partial charge on any atom is -0.331 e. The van der Waals surface area contributed by atoms with Crippen molar-refractivity contribution in [2.75, 3.05) is 93.4 Å². The molecule has 0 radical (unpaired) electrons. The Hall–Kier alpha value is 0.520. The van der Waals surface area contributed by atoms with Crippen LogP contribution in [0.1, 0.15) is 64.2 Å². The topological polar surface area (TPSA) is 0 Å². The van der Waals surface area contributed by atoms with Crippen LogP contribution >= 0.6 is 13.8 Å². The molecule has 0 bridgehead atoms. The Morgan fingerprint density at radius 3 is 0.933 bits per heavy atom. The highest BCUT2D eigenvalue weighted by Crippen LogP contribution is 2.43. The lowest BCUT2D eigenvalue weighted by Crippen LogP contribution is -2.35. The van der Waals surface area contributed by atoms with Crippen LogP contribution in [0.25, 0.3) is 0 Å². The third kappa shape index (κ3) is 21.7. The van der Waals surface area contributed by atoms with Gasteiger partial charge in [0.2, 0.25) is 0 Å². The highest BCUT2D eigenvalue weighted by Gasteiger charge is 2.12. The summed E-state index contributed by atoms with van der Waals surface area (Å²) in [5.41, 5.74) is 0. The molecule has 0 saturated carbocycles. The van der Waals surface area contributed by atoms with Crippen LogP contribution in [0.2, 0.25) is 0 Å². The van der Waals surface area contributed by atoms with Gasteiger partial charge in [-0.2, -0.15) is 0 Å². The lowest BCUT2D eigenvalue weighted by molar-refractivity contribution is -0.870. The molecule has 0 aliphatic rings. The Kier molecular flexibility index (Phi) is 14.9. The Morgan fingerprint density at radius 1 is 0.433 bits per heavy atom. The van der Waals surface area contributed by atoms with Crippen molar-refractivity contribution in [3.8, 4) is 0 Å². The summed E-state index contributed by atoms with van der Waals surface area (Å²) in [6.07, 6.45) is 28.9. The zero-order valence-electron chi connectivity index (χ0n) is 22.5. The molecule has 30 heavy (non-hydrogen) atoms. The van der Waals surface area contributed by atoms with Gasteiger partial charge in [0.05, 0.1) is 55.4 Å². The molecule has 182 valence electrons. The monoisotopic (exact) mass is 462 g/mol.